The molecule has 3 heteroatoms. The molecule has 0 aliphatic heterocycles. The smallest absolute Gasteiger partial charge is 0.241 e. The van der Waals surface area contributed by atoms with Crippen LogP contribution in [0.3, 0.4) is 0 Å². The van der Waals surface area contributed by atoms with Gasteiger partial charge in [0.25, 0.3) is 0 Å². The number of hydrogen-bond donors (Lipinski definition) is 2. The van der Waals surface area contributed by atoms with E-state index in [4.69, 9.17) is 5.73 Å². The first-order valence-electron chi connectivity index (χ1n) is 6.69. The molecular weight excluding hydrogens is 224 g/mol. The molecule has 1 amide bonds. The molecule has 0 aromatic heterocycles. The van der Waals surface area contributed by atoms with Gasteiger partial charge in [-0.15, -0.1) is 0 Å². The normalized spacial score (nSPS) is 24.8. The van der Waals surface area contributed by atoms with Crippen LogP contribution in [0.2, 0.25) is 0 Å². The Labute approximate surface area is 109 Å². The minimum atomic E-state index is -0.554. The number of carbonyl (C=O) groups excluding carboxylic acids is 1. The molecule has 0 bridgehead atoms. The highest BCUT2D eigenvalue weighted by Crippen LogP contribution is 2.25. The molecule has 2 rings (SSSR count). The van der Waals surface area contributed by atoms with E-state index in [1.54, 1.807) is 0 Å². The van der Waals surface area contributed by atoms with Gasteiger partial charge in [0, 0.05) is 6.04 Å². The second kappa shape index (κ2) is 5.53. The van der Waals surface area contributed by atoms with Gasteiger partial charge in [-0.1, -0.05) is 36.8 Å². The van der Waals surface area contributed by atoms with Crippen molar-refractivity contribution in [3.63, 3.8) is 0 Å². The third kappa shape index (κ3) is 3.10. The van der Waals surface area contributed by atoms with Gasteiger partial charge in [-0.05, 0) is 37.7 Å². The van der Waals surface area contributed by atoms with Crippen molar-refractivity contribution in [3.05, 3.63) is 35.4 Å². The average molecular weight is 246 g/mol. The average Bonchev–Trinajstić information content (AvgIpc) is 2.75. The highest BCUT2D eigenvalue weighted by Gasteiger charge is 2.25. The number of nitrogens with two attached hydrogens (primary N) is 1. The summed E-state index contributed by atoms with van der Waals surface area (Å²) in [4.78, 5) is 12.1. The van der Waals surface area contributed by atoms with Crippen molar-refractivity contribution < 1.29 is 4.79 Å². The largest absolute Gasteiger partial charge is 0.352 e. The predicted octanol–water partition coefficient (Wildman–Crippen LogP) is 2.30. The molecule has 1 aliphatic rings. The summed E-state index contributed by atoms with van der Waals surface area (Å²) in [6, 6.07) is 7.58. The molecule has 1 aromatic carbocycles. The van der Waals surface area contributed by atoms with Crippen LogP contribution in [-0.2, 0) is 4.79 Å². The summed E-state index contributed by atoms with van der Waals surface area (Å²) in [5.74, 6) is 0.656. The fraction of sp³-hybridized carbons (Fsp3) is 0.533. The van der Waals surface area contributed by atoms with E-state index in [0.29, 0.717) is 12.0 Å². The third-order valence-corrected chi connectivity index (χ3v) is 3.76. The van der Waals surface area contributed by atoms with E-state index in [1.807, 2.05) is 31.2 Å². The molecule has 3 N–H and O–H groups in total. The maximum Gasteiger partial charge on any atom is 0.241 e. The quantitative estimate of drug-likeness (QED) is 0.859. The van der Waals surface area contributed by atoms with Gasteiger partial charge >= 0.3 is 0 Å². The Balaban J connectivity index is 1.94. The second-order valence-corrected chi connectivity index (χ2v) is 5.51. The minimum absolute atomic E-state index is 0.0575. The van der Waals surface area contributed by atoms with Gasteiger partial charge in [0.1, 0.15) is 6.04 Å². The summed E-state index contributed by atoms with van der Waals surface area (Å²) < 4.78 is 0. The first-order valence-corrected chi connectivity index (χ1v) is 6.69. The van der Waals surface area contributed by atoms with Crippen molar-refractivity contribution >= 4 is 5.91 Å². The lowest BCUT2D eigenvalue weighted by Crippen LogP contribution is -2.39. The lowest BCUT2D eigenvalue weighted by Gasteiger charge is -2.17. The Morgan fingerprint density at radius 2 is 2.00 bits per heavy atom. The van der Waals surface area contributed by atoms with Crippen LogP contribution in [0.5, 0.6) is 0 Å². The van der Waals surface area contributed by atoms with Gasteiger partial charge < -0.3 is 11.1 Å². The second-order valence-electron chi connectivity index (χ2n) is 5.51. The summed E-state index contributed by atoms with van der Waals surface area (Å²) in [6.45, 7) is 4.25. The maximum absolute atomic E-state index is 12.1. The number of hydrogen-bond acceptors (Lipinski definition) is 2. The summed E-state index contributed by atoms with van der Waals surface area (Å²) >= 11 is 0. The van der Waals surface area contributed by atoms with Crippen LogP contribution in [-0.4, -0.2) is 11.9 Å². The number of aryl methyl sites for hydroxylation is 1. The van der Waals surface area contributed by atoms with E-state index in [1.165, 1.54) is 12.0 Å². The summed E-state index contributed by atoms with van der Waals surface area (Å²) in [6.07, 6.45) is 3.35. The third-order valence-electron chi connectivity index (χ3n) is 3.76. The number of nitrogens with one attached hydrogen (secondary N) is 1. The van der Waals surface area contributed by atoms with Crippen LogP contribution >= 0.6 is 0 Å². The van der Waals surface area contributed by atoms with Gasteiger partial charge in [-0.3, -0.25) is 4.79 Å². The lowest BCUT2D eigenvalue weighted by molar-refractivity contribution is -0.123. The molecule has 3 atom stereocenters. The number of rotatable bonds is 3. The van der Waals surface area contributed by atoms with Crippen molar-refractivity contribution in [2.75, 3.05) is 0 Å². The van der Waals surface area contributed by atoms with E-state index in [2.05, 4.69) is 12.2 Å². The first-order chi connectivity index (χ1) is 8.56. The molecule has 0 spiro atoms. The fourth-order valence-electron chi connectivity index (χ4n) is 2.55. The van der Waals surface area contributed by atoms with Crippen molar-refractivity contribution in [2.45, 2.75) is 45.2 Å². The summed E-state index contributed by atoms with van der Waals surface area (Å²) in [7, 11) is 0. The van der Waals surface area contributed by atoms with Crippen LogP contribution in [0.15, 0.2) is 24.3 Å². The van der Waals surface area contributed by atoms with Crippen LogP contribution in [0.25, 0.3) is 0 Å². The Hall–Kier alpha value is -1.35. The van der Waals surface area contributed by atoms with Crippen molar-refractivity contribution in [2.24, 2.45) is 11.7 Å². The zero-order chi connectivity index (χ0) is 13.1. The topological polar surface area (TPSA) is 55.1 Å². The van der Waals surface area contributed by atoms with Crippen LogP contribution < -0.4 is 11.1 Å². The predicted molar refractivity (Wildman–Crippen MR) is 73.1 cm³/mol. The van der Waals surface area contributed by atoms with Crippen LogP contribution in [0, 0.1) is 12.8 Å². The van der Waals surface area contributed by atoms with E-state index in [9.17, 15) is 4.79 Å². The van der Waals surface area contributed by atoms with E-state index >= 15 is 0 Å². The fourth-order valence-corrected chi connectivity index (χ4v) is 2.55. The van der Waals surface area contributed by atoms with Crippen molar-refractivity contribution in [1.29, 1.82) is 0 Å². The maximum atomic E-state index is 12.1. The van der Waals surface area contributed by atoms with Crippen LogP contribution in [0.4, 0.5) is 0 Å². The number of carbonyl (C=O) groups is 1. The Morgan fingerprint density at radius 3 is 2.56 bits per heavy atom. The molecule has 1 saturated carbocycles. The Morgan fingerprint density at radius 1 is 1.33 bits per heavy atom. The highest BCUT2D eigenvalue weighted by molar-refractivity contribution is 5.83. The van der Waals surface area contributed by atoms with Crippen molar-refractivity contribution in [1.82, 2.24) is 5.32 Å². The van der Waals surface area contributed by atoms with Gasteiger partial charge in [0.05, 0.1) is 0 Å². The molecular formula is C15H22N2O. The van der Waals surface area contributed by atoms with E-state index < -0.39 is 6.04 Å². The standard InChI is InChI=1S/C15H22N2O/c1-10-3-6-12(7-4-10)14(16)15(18)17-13-8-5-11(2)9-13/h3-4,6-7,11,13-14H,5,8-9,16H2,1-2H3,(H,17,18). The monoisotopic (exact) mass is 246 g/mol. The van der Waals surface area contributed by atoms with Gasteiger partial charge in [0.15, 0.2) is 0 Å². The van der Waals surface area contributed by atoms with E-state index in [0.717, 1.165) is 18.4 Å². The van der Waals surface area contributed by atoms with Crippen molar-refractivity contribution in [3.8, 4) is 0 Å². The minimum Gasteiger partial charge on any atom is -0.352 e. The van der Waals surface area contributed by atoms with Gasteiger partial charge in [0.2, 0.25) is 5.91 Å². The van der Waals surface area contributed by atoms with Gasteiger partial charge in [-0.25, -0.2) is 0 Å². The molecule has 1 fully saturated rings. The zero-order valence-corrected chi connectivity index (χ0v) is 11.1. The van der Waals surface area contributed by atoms with E-state index in [-0.39, 0.29) is 5.91 Å². The summed E-state index contributed by atoms with van der Waals surface area (Å²) in [5, 5.41) is 3.06. The zero-order valence-electron chi connectivity index (χ0n) is 11.1. The Kier molecular flexibility index (Phi) is 4.02. The SMILES string of the molecule is Cc1ccc(C(N)C(=O)NC2CCC(C)C2)cc1. The molecule has 98 valence electrons. The molecule has 0 heterocycles. The molecule has 0 saturated heterocycles. The molecule has 3 nitrogen and oxygen atoms in total. The summed E-state index contributed by atoms with van der Waals surface area (Å²) in [5.41, 5.74) is 8.04. The highest BCUT2D eigenvalue weighted by atomic mass is 16.2. The molecule has 1 aromatic rings. The van der Waals surface area contributed by atoms with Gasteiger partial charge in [-0.2, -0.15) is 0 Å². The lowest BCUT2D eigenvalue weighted by atomic mass is 10.0. The first kappa shape index (κ1) is 13.1. The molecule has 1 aliphatic carbocycles. The number of benzene rings is 1. The Bertz CT molecular complexity index is 413. The molecule has 0 radical (unpaired) electrons. The van der Waals surface area contributed by atoms with Crippen LogP contribution in [0.1, 0.15) is 43.4 Å². The molecule has 3 unspecified atom stereocenters. The molecule has 18 heavy (non-hydrogen) atoms. The number of amides is 1.